The second-order valence-corrected chi connectivity index (χ2v) is 7.84. The van der Waals surface area contributed by atoms with Gasteiger partial charge in [-0.3, -0.25) is 0 Å². The lowest BCUT2D eigenvalue weighted by Crippen LogP contribution is -2.14. The van der Waals surface area contributed by atoms with Crippen molar-refractivity contribution in [3.8, 4) is 16.9 Å². The van der Waals surface area contributed by atoms with Crippen LogP contribution >= 0.6 is 0 Å². The molecule has 1 saturated carbocycles. The first kappa shape index (κ1) is 22.4. The first-order valence-electron chi connectivity index (χ1n) is 10.7. The molecule has 0 atom stereocenters. The van der Waals surface area contributed by atoms with Crippen LogP contribution in [0.2, 0.25) is 0 Å². The fourth-order valence-electron chi connectivity index (χ4n) is 4.26. The average molecular weight is 420 g/mol. The van der Waals surface area contributed by atoms with Crippen molar-refractivity contribution < 1.29 is 22.3 Å². The van der Waals surface area contributed by atoms with Crippen molar-refractivity contribution in [1.82, 2.24) is 0 Å². The first-order chi connectivity index (χ1) is 14.5. The zero-order valence-electron chi connectivity index (χ0n) is 17.5. The minimum absolute atomic E-state index is 0.0538. The van der Waals surface area contributed by atoms with Gasteiger partial charge in [0.2, 0.25) is 5.82 Å². The van der Waals surface area contributed by atoms with E-state index in [9.17, 15) is 17.6 Å². The van der Waals surface area contributed by atoms with Gasteiger partial charge in [-0.2, -0.15) is 4.39 Å². The topological polar surface area (TPSA) is 9.23 Å². The van der Waals surface area contributed by atoms with Gasteiger partial charge in [0.05, 0.1) is 6.61 Å². The van der Waals surface area contributed by atoms with Crippen LogP contribution in [0.25, 0.3) is 11.1 Å². The summed E-state index contributed by atoms with van der Waals surface area (Å²) in [6.07, 6.45) is 9.94. The summed E-state index contributed by atoms with van der Waals surface area (Å²) in [6, 6.07) is 5.32. The quantitative estimate of drug-likeness (QED) is 0.326. The molecule has 0 amide bonds. The Hall–Kier alpha value is -2.30. The summed E-state index contributed by atoms with van der Waals surface area (Å²) in [5.74, 6) is -4.26. The molecule has 5 heteroatoms. The summed E-state index contributed by atoms with van der Waals surface area (Å²) in [6.45, 7) is 3.92. The fraction of sp³-hybridized carbons (Fsp3) is 0.440. The van der Waals surface area contributed by atoms with E-state index in [2.05, 4.69) is 19.1 Å². The molecular weight excluding hydrogens is 392 g/mol. The molecule has 1 aliphatic rings. The third-order valence-corrected chi connectivity index (χ3v) is 5.91. The molecule has 2 aromatic carbocycles. The summed E-state index contributed by atoms with van der Waals surface area (Å²) in [4.78, 5) is 0. The molecular formula is C25H28F4O. The van der Waals surface area contributed by atoms with E-state index in [1.807, 2.05) is 0 Å². The van der Waals surface area contributed by atoms with Crippen molar-refractivity contribution in [3.63, 3.8) is 0 Å². The first-order valence-corrected chi connectivity index (χ1v) is 10.7. The second kappa shape index (κ2) is 10.1. The van der Waals surface area contributed by atoms with E-state index in [0.717, 1.165) is 38.5 Å². The van der Waals surface area contributed by atoms with Crippen molar-refractivity contribution in [2.45, 2.75) is 58.3 Å². The third-order valence-electron chi connectivity index (χ3n) is 5.91. The minimum Gasteiger partial charge on any atom is -0.491 e. The van der Waals surface area contributed by atoms with Crippen molar-refractivity contribution in [3.05, 3.63) is 65.2 Å². The fourth-order valence-corrected chi connectivity index (χ4v) is 4.26. The van der Waals surface area contributed by atoms with Crippen LogP contribution in [-0.2, 0) is 0 Å². The Morgan fingerprint density at radius 1 is 0.800 bits per heavy atom. The summed E-state index contributed by atoms with van der Waals surface area (Å²) in [5.41, 5.74) is -0.273. The van der Waals surface area contributed by atoms with Crippen molar-refractivity contribution in [2.75, 3.05) is 6.61 Å². The van der Waals surface area contributed by atoms with Crippen LogP contribution in [0.5, 0.6) is 5.75 Å². The van der Waals surface area contributed by atoms with Crippen LogP contribution in [0.1, 0.15) is 63.9 Å². The third kappa shape index (κ3) is 4.71. The lowest BCUT2D eigenvalue weighted by atomic mass is 9.77. The molecule has 1 nitrogen and oxygen atoms in total. The molecule has 0 spiro atoms. The molecule has 0 heterocycles. The van der Waals surface area contributed by atoms with Gasteiger partial charge in [-0.05, 0) is 75.0 Å². The second-order valence-electron chi connectivity index (χ2n) is 7.84. The molecule has 0 aromatic heterocycles. The molecule has 0 radical (unpaired) electrons. The normalized spacial score (nSPS) is 19.4. The highest BCUT2D eigenvalue weighted by atomic mass is 19.2. The van der Waals surface area contributed by atoms with E-state index in [1.54, 1.807) is 6.92 Å². The number of ether oxygens (including phenoxy) is 1. The highest BCUT2D eigenvalue weighted by Gasteiger charge is 2.27. The highest BCUT2D eigenvalue weighted by Crippen LogP contribution is 2.40. The Morgan fingerprint density at radius 3 is 2.07 bits per heavy atom. The van der Waals surface area contributed by atoms with Crippen LogP contribution < -0.4 is 4.74 Å². The van der Waals surface area contributed by atoms with Gasteiger partial charge in [0.15, 0.2) is 23.2 Å². The monoisotopic (exact) mass is 420 g/mol. The molecule has 0 N–H and O–H groups in total. The molecule has 0 bridgehead atoms. The van der Waals surface area contributed by atoms with Crippen LogP contribution in [0, 0.1) is 29.2 Å². The van der Waals surface area contributed by atoms with E-state index >= 15 is 0 Å². The van der Waals surface area contributed by atoms with Gasteiger partial charge in [-0.25, -0.2) is 13.2 Å². The number of rotatable bonds is 7. The summed E-state index contributed by atoms with van der Waals surface area (Å²) < 4.78 is 63.4. The van der Waals surface area contributed by atoms with E-state index in [4.69, 9.17) is 4.74 Å². The van der Waals surface area contributed by atoms with Gasteiger partial charge in [0, 0.05) is 11.1 Å². The Morgan fingerprint density at radius 2 is 1.43 bits per heavy atom. The lowest BCUT2D eigenvalue weighted by Gasteiger charge is -2.28. The smallest absolute Gasteiger partial charge is 0.201 e. The Balaban J connectivity index is 1.80. The largest absolute Gasteiger partial charge is 0.491 e. The zero-order chi connectivity index (χ0) is 21.7. The van der Waals surface area contributed by atoms with Gasteiger partial charge < -0.3 is 4.74 Å². The molecule has 162 valence electrons. The molecule has 1 fully saturated rings. The molecule has 0 unspecified atom stereocenters. The van der Waals surface area contributed by atoms with E-state index < -0.39 is 23.3 Å². The van der Waals surface area contributed by atoms with Crippen LogP contribution in [0.4, 0.5) is 17.6 Å². The summed E-state index contributed by atoms with van der Waals surface area (Å²) in [5, 5.41) is 0. The molecule has 1 aliphatic carbocycles. The molecule has 0 saturated heterocycles. The van der Waals surface area contributed by atoms with Gasteiger partial charge in [-0.1, -0.05) is 31.2 Å². The summed E-state index contributed by atoms with van der Waals surface area (Å²) in [7, 11) is 0. The predicted octanol–water partition coefficient (Wildman–Crippen LogP) is 7.94. The van der Waals surface area contributed by atoms with Gasteiger partial charge >= 0.3 is 0 Å². The number of benzene rings is 2. The van der Waals surface area contributed by atoms with Crippen LogP contribution in [-0.4, -0.2) is 6.61 Å². The van der Waals surface area contributed by atoms with Crippen LogP contribution in [0.3, 0.4) is 0 Å². The molecule has 3 rings (SSSR count). The number of hydrogen-bond acceptors (Lipinski definition) is 1. The number of hydrogen-bond donors (Lipinski definition) is 0. The van der Waals surface area contributed by atoms with Gasteiger partial charge in [0.25, 0.3) is 0 Å². The highest BCUT2D eigenvalue weighted by molar-refractivity contribution is 5.66. The lowest BCUT2D eigenvalue weighted by molar-refractivity contribution is 0.314. The van der Waals surface area contributed by atoms with Crippen molar-refractivity contribution in [2.24, 2.45) is 5.92 Å². The molecule has 2 aromatic rings. The zero-order valence-corrected chi connectivity index (χ0v) is 17.5. The Kier molecular flexibility index (Phi) is 7.57. The maximum atomic E-state index is 14.9. The average Bonchev–Trinajstić information content (AvgIpc) is 2.75. The van der Waals surface area contributed by atoms with E-state index in [-0.39, 0.29) is 29.4 Å². The standard InChI is InChI=1S/C25H28F4O/c1-3-5-6-7-16-8-10-17(11-9-16)18-12-13-19(23(27)22(18)26)20-14-15-21(30-4-2)25(29)24(20)28/h5-6,12-17H,3-4,7-11H2,1-2H3/b6-5-. The van der Waals surface area contributed by atoms with Crippen LogP contribution in [0.15, 0.2) is 36.4 Å². The minimum atomic E-state index is -1.24. The number of halogens is 4. The summed E-state index contributed by atoms with van der Waals surface area (Å²) >= 11 is 0. The maximum Gasteiger partial charge on any atom is 0.201 e. The van der Waals surface area contributed by atoms with E-state index in [0.29, 0.717) is 11.5 Å². The van der Waals surface area contributed by atoms with Gasteiger partial charge in [-0.15, -0.1) is 0 Å². The predicted molar refractivity (Wildman–Crippen MR) is 112 cm³/mol. The Bertz CT molecular complexity index is 899. The maximum absolute atomic E-state index is 14.9. The van der Waals surface area contributed by atoms with E-state index in [1.165, 1.54) is 24.3 Å². The molecule has 0 aliphatic heterocycles. The molecule has 30 heavy (non-hydrogen) atoms. The SMILES string of the molecule is CC/C=C\CC1CCC(c2ccc(-c3ccc(OCC)c(F)c3F)c(F)c2F)CC1. The Labute approximate surface area is 175 Å². The van der Waals surface area contributed by atoms with Crippen molar-refractivity contribution >= 4 is 0 Å². The van der Waals surface area contributed by atoms with Gasteiger partial charge in [0.1, 0.15) is 0 Å². The van der Waals surface area contributed by atoms with Crippen molar-refractivity contribution in [1.29, 1.82) is 0 Å². The number of allylic oxidation sites excluding steroid dienone is 2.